The molecule has 0 aliphatic rings. The lowest BCUT2D eigenvalue weighted by Gasteiger charge is -2.10. The van der Waals surface area contributed by atoms with E-state index in [0.29, 0.717) is 0 Å². The van der Waals surface area contributed by atoms with Crippen molar-refractivity contribution < 1.29 is 0 Å². The highest BCUT2D eigenvalue weighted by atomic mass is 15.4. The third kappa shape index (κ3) is 1.49. The summed E-state index contributed by atoms with van der Waals surface area (Å²) >= 11 is 0. The zero-order valence-electron chi connectivity index (χ0n) is 7.52. The summed E-state index contributed by atoms with van der Waals surface area (Å²) in [6.45, 7) is 5.87. The van der Waals surface area contributed by atoms with Crippen molar-refractivity contribution in [1.82, 2.24) is 14.8 Å². The van der Waals surface area contributed by atoms with Crippen LogP contribution in [0, 0.1) is 5.53 Å². The molecule has 5 heteroatoms. The Kier molecular flexibility index (Phi) is 2.52. The van der Waals surface area contributed by atoms with Crippen molar-refractivity contribution in [3.8, 4) is 0 Å². The molecule has 0 bridgehead atoms. The minimum absolute atomic E-state index is 0.199. The van der Waals surface area contributed by atoms with Gasteiger partial charge in [0.15, 0.2) is 5.82 Å². The number of hydrogen-bond acceptors (Lipinski definition) is 4. The Morgan fingerprint density at radius 1 is 1.50 bits per heavy atom. The summed E-state index contributed by atoms with van der Waals surface area (Å²) in [5.41, 5.74) is 6.87. The Morgan fingerprint density at radius 3 is 2.67 bits per heavy atom. The van der Waals surface area contributed by atoms with E-state index in [9.17, 15) is 0 Å². The maximum Gasteiger partial charge on any atom is 0.153 e. The molecule has 0 fully saturated rings. The first-order chi connectivity index (χ1) is 5.66. The zero-order valence-corrected chi connectivity index (χ0v) is 7.52. The fraction of sp³-hybridized carbons (Fsp3) is 0.714. The first-order valence-corrected chi connectivity index (χ1v) is 3.92. The highest BCUT2D eigenvalue weighted by Gasteiger charge is 2.13. The zero-order chi connectivity index (χ0) is 9.14. The maximum atomic E-state index is 6.87. The molecule has 0 saturated heterocycles. The van der Waals surface area contributed by atoms with E-state index >= 15 is 0 Å². The van der Waals surface area contributed by atoms with Crippen molar-refractivity contribution in [1.29, 1.82) is 5.53 Å². The number of hydrogen-bond donors (Lipinski definition) is 1. The van der Waals surface area contributed by atoms with Gasteiger partial charge in [0, 0.05) is 6.04 Å². The predicted octanol–water partition coefficient (Wildman–Crippen LogP) is 1.95. The molecule has 5 nitrogen and oxygen atoms in total. The first-order valence-electron chi connectivity index (χ1n) is 3.92. The van der Waals surface area contributed by atoms with Gasteiger partial charge in [-0.1, -0.05) is 0 Å². The second kappa shape index (κ2) is 3.42. The van der Waals surface area contributed by atoms with Crippen LogP contribution in [0.2, 0.25) is 0 Å². The number of nitrogens with one attached hydrogen (secondary N) is 1. The Hall–Kier alpha value is -1.26. The smallest absolute Gasteiger partial charge is 0.153 e. The van der Waals surface area contributed by atoms with E-state index in [-0.39, 0.29) is 12.1 Å². The highest BCUT2D eigenvalue weighted by Crippen LogP contribution is 2.15. The van der Waals surface area contributed by atoms with E-state index in [1.807, 2.05) is 20.8 Å². The van der Waals surface area contributed by atoms with Crippen LogP contribution in [0.1, 0.15) is 38.7 Å². The summed E-state index contributed by atoms with van der Waals surface area (Å²) in [6, 6.07) is 0.0709. The molecule has 0 radical (unpaired) electrons. The molecule has 0 aliphatic carbocycles. The molecular formula is C7H13N5. The minimum atomic E-state index is -0.199. The van der Waals surface area contributed by atoms with Crippen LogP contribution in [0.15, 0.2) is 11.4 Å². The van der Waals surface area contributed by atoms with E-state index in [4.69, 9.17) is 5.53 Å². The molecule has 0 aliphatic heterocycles. The monoisotopic (exact) mass is 167 g/mol. The van der Waals surface area contributed by atoms with E-state index in [1.54, 1.807) is 4.68 Å². The fourth-order valence-electron chi connectivity index (χ4n) is 1.01. The molecule has 1 rings (SSSR count). The van der Waals surface area contributed by atoms with Crippen LogP contribution in [0.5, 0.6) is 0 Å². The average Bonchev–Trinajstić information content (AvgIpc) is 2.50. The van der Waals surface area contributed by atoms with Gasteiger partial charge in [-0.3, -0.25) is 0 Å². The van der Waals surface area contributed by atoms with Crippen LogP contribution in [-0.2, 0) is 0 Å². The summed E-state index contributed by atoms with van der Waals surface area (Å²) in [5.74, 6) is 0.750. The molecule has 1 unspecified atom stereocenters. The fourth-order valence-corrected chi connectivity index (χ4v) is 1.01. The van der Waals surface area contributed by atoms with Crippen LogP contribution >= 0.6 is 0 Å². The molecule has 0 aromatic carbocycles. The summed E-state index contributed by atoms with van der Waals surface area (Å²) < 4.78 is 1.78. The van der Waals surface area contributed by atoms with Crippen molar-refractivity contribution in [3.63, 3.8) is 0 Å². The van der Waals surface area contributed by atoms with Crippen LogP contribution in [0.3, 0.4) is 0 Å². The Morgan fingerprint density at radius 2 is 2.17 bits per heavy atom. The van der Waals surface area contributed by atoms with Gasteiger partial charge in [-0.25, -0.2) is 15.2 Å². The van der Waals surface area contributed by atoms with E-state index in [0.717, 1.165) is 5.82 Å². The molecule has 1 heterocycles. The first kappa shape index (κ1) is 8.83. The predicted molar refractivity (Wildman–Crippen MR) is 44.0 cm³/mol. The summed E-state index contributed by atoms with van der Waals surface area (Å²) in [6.07, 6.45) is 1.50. The standard InChI is InChI=1S/C7H13N5/c1-5(2)12-7(6(3)11-8)9-4-10-12/h4-6,8H,1-3H3. The summed E-state index contributed by atoms with van der Waals surface area (Å²) in [4.78, 5) is 4.05. The van der Waals surface area contributed by atoms with Crippen molar-refractivity contribution in [3.05, 3.63) is 12.2 Å². The third-order valence-electron chi connectivity index (χ3n) is 1.66. The SMILES string of the molecule is CC(N=N)c1ncnn1C(C)C. The van der Waals surface area contributed by atoms with Crippen molar-refractivity contribution in [2.24, 2.45) is 5.11 Å². The largest absolute Gasteiger partial charge is 0.245 e. The number of aromatic nitrogens is 3. The van der Waals surface area contributed by atoms with E-state index < -0.39 is 0 Å². The second-order valence-corrected chi connectivity index (χ2v) is 2.96. The van der Waals surface area contributed by atoms with Gasteiger partial charge in [0.2, 0.25) is 0 Å². The van der Waals surface area contributed by atoms with Gasteiger partial charge in [-0.2, -0.15) is 10.2 Å². The average molecular weight is 167 g/mol. The van der Waals surface area contributed by atoms with Crippen molar-refractivity contribution in [2.75, 3.05) is 0 Å². The van der Waals surface area contributed by atoms with Crippen molar-refractivity contribution in [2.45, 2.75) is 32.9 Å². The van der Waals surface area contributed by atoms with Gasteiger partial charge in [0.05, 0.1) is 0 Å². The molecule has 1 aromatic heterocycles. The molecule has 0 amide bonds. The molecule has 0 saturated carbocycles. The molecule has 1 N–H and O–H groups in total. The lowest BCUT2D eigenvalue weighted by molar-refractivity contribution is 0.482. The molecule has 0 spiro atoms. The Labute approximate surface area is 71.3 Å². The van der Waals surface area contributed by atoms with E-state index in [2.05, 4.69) is 15.2 Å². The van der Waals surface area contributed by atoms with Gasteiger partial charge in [0.1, 0.15) is 12.4 Å². The van der Waals surface area contributed by atoms with Gasteiger partial charge >= 0.3 is 0 Å². The molecule has 1 aromatic rings. The second-order valence-electron chi connectivity index (χ2n) is 2.96. The third-order valence-corrected chi connectivity index (χ3v) is 1.66. The maximum absolute atomic E-state index is 6.87. The normalized spacial score (nSPS) is 13.3. The summed E-state index contributed by atoms with van der Waals surface area (Å²) in [7, 11) is 0. The van der Waals surface area contributed by atoms with Crippen LogP contribution in [0.4, 0.5) is 0 Å². The number of nitrogens with zero attached hydrogens (tertiary/aromatic N) is 4. The lowest BCUT2D eigenvalue weighted by Crippen LogP contribution is -2.09. The van der Waals surface area contributed by atoms with Crippen molar-refractivity contribution >= 4 is 0 Å². The molecule has 12 heavy (non-hydrogen) atoms. The quantitative estimate of drug-likeness (QED) is 0.699. The lowest BCUT2D eigenvalue weighted by atomic mass is 10.3. The van der Waals surface area contributed by atoms with Gasteiger partial charge in [-0.15, -0.1) is 0 Å². The van der Waals surface area contributed by atoms with Gasteiger partial charge in [0.25, 0.3) is 0 Å². The summed E-state index contributed by atoms with van der Waals surface area (Å²) in [5, 5.41) is 7.45. The molecule has 1 atom stereocenters. The Bertz CT molecular complexity index is 265. The van der Waals surface area contributed by atoms with Crippen LogP contribution < -0.4 is 0 Å². The van der Waals surface area contributed by atoms with Crippen LogP contribution in [0.25, 0.3) is 0 Å². The van der Waals surface area contributed by atoms with E-state index in [1.165, 1.54) is 6.33 Å². The topological polar surface area (TPSA) is 66.9 Å². The van der Waals surface area contributed by atoms with Gasteiger partial charge in [-0.05, 0) is 20.8 Å². The highest BCUT2D eigenvalue weighted by molar-refractivity contribution is 4.92. The number of rotatable bonds is 3. The Balaban J connectivity index is 2.98. The minimum Gasteiger partial charge on any atom is -0.245 e. The molecular weight excluding hydrogens is 154 g/mol. The van der Waals surface area contributed by atoms with Crippen LogP contribution in [-0.4, -0.2) is 14.8 Å². The van der Waals surface area contributed by atoms with Gasteiger partial charge < -0.3 is 0 Å². The molecule has 66 valence electrons.